The van der Waals surface area contributed by atoms with Gasteiger partial charge in [0.15, 0.2) is 0 Å². The van der Waals surface area contributed by atoms with Crippen molar-refractivity contribution in [3.8, 4) is 0 Å². The number of hydrogen-bond acceptors (Lipinski definition) is 3. The Balaban J connectivity index is 2.31. The van der Waals surface area contributed by atoms with Crippen molar-refractivity contribution in [1.82, 2.24) is 4.90 Å². The number of ether oxygens (including phenoxy) is 1. The minimum absolute atomic E-state index is 0.102. The monoisotopic (exact) mass is 253 g/mol. The molecular formula is C11H18F3NO2. The summed E-state index contributed by atoms with van der Waals surface area (Å²) in [6, 6.07) is -0.102. The summed E-state index contributed by atoms with van der Waals surface area (Å²) in [4.78, 5) is 12.5. The van der Waals surface area contributed by atoms with E-state index in [2.05, 4.69) is 0 Å². The summed E-state index contributed by atoms with van der Waals surface area (Å²) in [6.45, 7) is 0.961. The first kappa shape index (κ1) is 14.3. The lowest BCUT2D eigenvalue weighted by atomic mass is 10.4. The maximum atomic E-state index is 12.3. The number of nitrogens with zero attached hydrogens (tertiary/aromatic N) is 1. The number of hydrogen-bond donors (Lipinski definition) is 0. The fourth-order valence-corrected chi connectivity index (χ4v) is 1.53. The summed E-state index contributed by atoms with van der Waals surface area (Å²) in [5.41, 5.74) is 0. The van der Waals surface area contributed by atoms with E-state index in [9.17, 15) is 18.0 Å². The molecule has 0 bridgehead atoms. The molecule has 1 rings (SSSR count). The Labute approximate surface area is 98.9 Å². The standard InChI is InChI=1S/C11H18F3NO2/c1-2-3-6-17-10(16)7-15(9-4-5-9)8-11(12,13)14/h9H,2-8H2,1H3. The number of esters is 1. The number of alkyl halides is 3. The van der Waals surface area contributed by atoms with Gasteiger partial charge in [-0.05, 0) is 19.3 Å². The smallest absolute Gasteiger partial charge is 0.401 e. The molecule has 0 spiro atoms. The summed E-state index contributed by atoms with van der Waals surface area (Å²) in [7, 11) is 0. The average Bonchev–Trinajstić information content (AvgIpc) is 2.98. The van der Waals surface area contributed by atoms with Crippen molar-refractivity contribution in [3.05, 3.63) is 0 Å². The van der Waals surface area contributed by atoms with Crippen LogP contribution < -0.4 is 0 Å². The Kier molecular flexibility index (Phi) is 5.24. The fraction of sp³-hybridized carbons (Fsp3) is 0.909. The van der Waals surface area contributed by atoms with Crippen LogP contribution in [0.15, 0.2) is 0 Å². The highest BCUT2D eigenvalue weighted by molar-refractivity contribution is 5.71. The van der Waals surface area contributed by atoms with Gasteiger partial charge in [0.25, 0.3) is 0 Å². The van der Waals surface area contributed by atoms with Gasteiger partial charge in [-0.3, -0.25) is 9.69 Å². The van der Waals surface area contributed by atoms with Gasteiger partial charge in [-0.2, -0.15) is 13.2 Å². The van der Waals surface area contributed by atoms with Gasteiger partial charge in [0.1, 0.15) is 0 Å². The van der Waals surface area contributed by atoms with E-state index in [-0.39, 0.29) is 12.6 Å². The average molecular weight is 253 g/mol. The van der Waals surface area contributed by atoms with Gasteiger partial charge < -0.3 is 4.74 Å². The summed E-state index contributed by atoms with van der Waals surface area (Å²) in [5.74, 6) is -0.561. The van der Waals surface area contributed by atoms with Crippen LogP contribution in [-0.4, -0.2) is 42.8 Å². The van der Waals surface area contributed by atoms with Gasteiger partial charge in [0.05, 0.1) is 19.7 Å². The maximum absolute atomic E-state index is 12.3. The molecule has 0 saturated heterocycles. The molecule has 0 aliphatic heterocycles. The van der Waals surface area contributed by atoms with Crippen molar-refractivity contribution in [3.63, 3.8) is 0 Å². The number of carbonyl (C=O) groups is 1. The molecule has 100 valence electrons. The zero-order valence-electron chi connectivity index (χ0n) is 9.92. The zero-order chi connectivity index (χ0) is 12.9. The molecule has 17 heavy (non-hydrogen) atoms. The molecule has 6 heteroatoms. The molecule has 0 aromatic carbocycles. The largest absolute Gasteiger partial charge is 0.465 e. The zero-order valence-corrected chi connectivity index (χ0v) is 9.92. The molecule has 0 heterocycles. The lowest BCUT2D eigenvalue weighted by Crippen LogP contribution is -2.40. The lowest BCUT2D eigenvalue weighted by molar-refractivity contribution is -0.158. The second kappa shape index (κ2) is 6.23. The first-order valence-electron chi connectivity index (χ1n) is 5.89. The Morgan fingerprint density at radius 1 is 1.41 bits per heavy atom. The molecule has 0 N–H and O–H groups in total. The van der Waals surface area contributed by atoms with E-state index in [1.807, 2.05) is 6.92 Å². The minimum atomic E-state index is -4.26. The number of carbonyl (C=O) groups excluding carboxylic acids is 1. The van der Waals surface area contributed by atoms with Crippen LogP contribution in [0.4, 0.5) is 13.2 Å². The lowest BCUT2D eigenvalue weighted by Gasteiger charge is -2.22. The summed E-state index contributed by atoms with van der Waals surface area (Å²) in [5, 5.41) is 0. The molecular weight excluding hydrogens is 235 g/mol. The summed E-state index contributed by atoms with van der Waals surface area (Å²) in [6.07, 6.45) is -1.15. The Hall–Kier alpha value is -0.780. The van der Waals surface area contributed by atoms with E-state index >= 15 is 0 Å². The van der Waals surface area contributed by atoms with Crippen molar-refractivity contribution in [2.24, 2.45) is 0 Å². The van der Waals surface area contributed by atoms with E-state index in [0.717, 1.165) is 30.6 Å². The van der Waals surface area contributed by atoms with Gasteiger partial charge in [-0.25, -0.2) is 0 Å². The molecule has 1 aliphatic carbocycles. The highest BCUT2D eigenvalue weighted by Gasteiger charge is 2.38. The van der Waals surface area contributed by atoms with E-state index < -0.39 is 18.7 Å². The Morgan fingerprint density at radius 3 is 2.53 bits per heavy atom. The predicted octanol–water partition coefficient (Wildman–Crippen LogP) is 2.36. The molecule has 3 nitrogen and oxygen atoms in total. The predicted molar refractivity (Wildman–Crippen MR) is 56.5 cm³/mol. The number of rotatable bonds is 7. The van der Waals surface area contributed by atoms with Gasteiger partial charge in [-0.15, -0.1) is 0 Å². The van der Waals surface area contributed by atoms with Gasteiger partial charge in [-0.1, -0.05) is 13.3 Å². The van der Waals surface area contributed by atoms with Crippen molar-refractivity contribution < 1.29 is 22.7 Å². The van der Waals surface area contributed by atoms with Crippen LogP contribution in [-0.2, 0) is 9.53 Å². The van der Waals surface area contributed by atoms with Gasteiger partial charge >= 0.3 is 12.1 Å². The van der Waals surface area contributed by atoms with Crippen molar-refractivity contribution in [2.45, 2.75) is 44.8 Å². The summed E-state index contributed by atoms with van der Waals surface area (Å²) >= 11 is 0. The van der Waals surface area contributed by atoms with Crippen LogP contribution in [0.2, 0.25) is 0 Å². The van der Waals surface area contributed by atoms with Gasteiger partial charge in [0.2, 0.25) is 0 Å². The molecule has 1 aliphatic rings. The second-order valence-electron chi connectivity index (χ2n) is 4.33. The molecule has 0 amide bonds. The minimum Gasteiger partial charge on any atom is -0.465 e. The fourth-order valence-electron chi connectivity index (χ4n) is 1.53. The second-order valence-corrected chi connectivity index (χ2v) is 4.33. The molecule has 0 aromatic heterocycles. The van der Waals surface area contributed by atoms with Crippen molar-refractivity contribution in [2.75, 3.05) is 19.7 Å². The van der Waals surface area contributed by atoms with E-state index in [1.54, 1.807) is 0 Å². The van der Waals surface area contributed by atoms with Crippen molar-refractivity contribution in [1.29, 1.82) is 0 Å². The number of halogens is 3. The molecule has 1 fully saturated rings. The highest BCUT2D eigenvalue weighted by Crippen LogP contribution is 2.29. The molecule has 1 saturated carbocycles. The summed E-state index contributed by atoms with van der Waals surface area (Å²) < 4.78 is 41.6. The van der Waals surface area contributed by atoms with Crippen LogP contribution in [0.3, 0.4) is 0 Å². The van der Waals surface area contributed by atoms with E-state index in [1.165, 1.54) is 0 Å². The van der Waals surface area contributed by atoms with Crippen LogP contribution in [0.1, 0.15) is 32.6 Å². The first-order valence-corrected chi connectivity index (χ1v) is 5.89. The quantitative estimate of drug-likeness (QED) is 0.515. The third-order valence-corrected chi connectivity index (χ3v) is 2.54. The van der Waals surface area contributed by atoms with Crippen LogP contribution in [0.25, 0.3) is 0 Å². The Morgan fingerprint density at radius 2 is 2.06 bits per heavy atom. The third kappa shape index (κ3) is 6.51. The van der Waals surface area contributed by atoms with Crippen LogP contribution in [0, 0.1) is 0 Å². The SMILES string of the molecule is CCCCOC(=O)CN(CC(F)(F)F)C1CC1. The molecule has 0 aromatic rings. The number of unbranched alkanes of at least 4 members (excludes halogenated alkanes) is 1. The molecule has 0 radical (unpaired) electrons. The molecule has 0 unspecified atom stereocenters. The normalized spacial score (nSPS) is 16.3. The maximum Gasteiger partial charge on any atom is 0.401 e. The van der Waals surface area contributed by atoms with E-state index in [4.69, 9.17) is 4.74 Å². The van der Waals surface area contributed by atoms with E-state index in [0.29, 0.717) is 6.61 Å². The van der Waals surface area contributed by atoms with Crippen LogP contribution >= 0.6 is 0 Å². The molecule has 0 atom stereocenters. The van der Waals surface area contributed by atoms with Crippen molar-refractivity contribution >= 4 is 5.97 Å². The Bertz CT molecular complexity index is 252. The topological polar surface area (TPSA) is 29.5 Å². The van der Waals surface area contributed by atoms with Crippen LogP contribution in [0.5, 0.6) is 0 Å². The highest BCUT2D eigenvalue weighted by atomic mass is 19.4. The van der Waals surface area contributed by atoms with Gasteiger partial charge in [0, 0.05) is 6.04 Å². The third-order valence-electron chi connectivity index (χ3n) is 2.54. The first-order chi connectivity index (χ1) is 7.92.